The first kappa shape index (κ1) is 21.2. The summed E-state index contributed by atoms with van der Waals surface area (Å²) in [7, 11) is 0. The van der Waals surface area contributed by atoms with Crippen molar-refractivity contribution in [2.75, 3.05) is 11.9 Å². The molecule has 5 nitrogen and oxygen atoms in total. The van der Waals surface area contributed by atoms with Gasteiger partial charge in [0.15, 0.2) is 17.5 Å². The number of anilines is 1. The molecule has 2 rings (SSSR count). The molecule has 0 aliphatic heterocycles. The number of benzene rings is 1. The van der Waals surface area contributed by atoms with Gasteiger partial charge in [0.05, 0.1) is 18.2 Å². The van der Waals surface area contributed by atoms with E-state index in [1.54, 1.807) is 6.92 Å². The van der Waals surface area contributed by atoms with Crippen LogP contribution in [0.2, 0.25) is 0 Å². The monoisotopic (exact) mass is 379 g/mol. The van der Waals surface area contributed by atoms with E-state index in [1.807, 2.05) is 0 Å². The molecule has 0 aromatic heterocycles. The van der Waals surface area contributed by atoms with Gasteiger partial charge in [0.2, 0.25) is 11.8 Å². The Morgan fingerprint density at radius 3 is 2.56 bits per heavy atom. The second-order valence-electron chi connectivity index (χ2n) is 6.29. The van der Waals surface area contributed by atoms with E-state index >= 15 is 0 Å². The molecule has 25 heavy (non-hydrogen) atoms. The number of carbonyl (C=O) groups is 2. The molecule has 0 spiro atoms. The number of nitrogens with one attached hydrogen (secondary N) is 2. The van der Waals surface area contributed by atoms with E-state index in [0.29, 0.717) is 12.5 Å². The molecule has 2 amide bonds. The third-order valence-corrected chi connectivity index (χ3v) is 4.30. The van der Waals surface area contributed by atoms with Gasteiger partial charge in [-0.3, -0.25) is 9.59 Å². The van der Waals surface area contributed by atoms with E-state index in [-0.39, 0.29) is 18.3 Å². The van der Waals surface area contributed by atoms with Crippen LogP contribution in [0.4, 0.5) is 18.9 Å². The zero-order valence-corrected chi connectivity index (χ0v) is 14.5. The van der Waals surface area contributed by atoms with Crippen LogP contribution in [0.25, 0.3) is 0 Å². The van der Waals surface area contributed by atoms with Crippen molar-refractivity contribution in [2.24, 2.45) is 11.7 Å². The summed E-state index contributed by atoms with van der Waals surface area (Å²) < 4.78 is 39.4. The smallest absolute Gasteiger partial charge is 0.243 e. The van der Waals surface area contributed by atoms with Crippen LogP contribution in [0, 0.1) is 23.4 Å². The molecular formula is C16H21ClF3N3O2. The van der Waals surface area contributed by atoms with Crippen LogP contribution in [0.1, 0.15) is 32.6 Å². The third-order valence-electron chi connectivity index (χ3n) is 4.30. The van der Waals surface area contributed by atoms with Crippen LogP contribution in [-0.2, 0) is 9.59 Å². The zero-order chi connectivity index (χ0) is 17.9. The van der Waals surface area contributed by atoms with E-state index in [2.05, 4.69) is 10.6 Å². The fourth-order valence-corrected chi connectivity index (χ4v) is 2.90. The number of carbonyl (C=O) groups excluding carboxylic acids is 2. The van der Waals surface area contributed by atoms with Crippen molar-refractivity contribution < 1.29 is 22.8 Å². The standard InChI is InChI=1S/C16H20F3N3O2.ClH/c1-16(20)7-3-2-4-9(16)15(24)21-8-12(23)22-11-6-5-10(17)13(18)14(11)19;/h5-6,9H,2-4,7-8,20H2,1H3,(H,21,24)(H,22,23);1H. The lowest BCUT2D eigenvalue weighted by molar-refractivity contribution is -0.130. The van der Waals surface area contributed by atoms with Crippen molar-refractivity contribution in [1.82, 2.24) is 5.32 Å². The highest BCUT2D eigenvalue weighted by molar-refractivity contribution is 5.95. The molecule has 9 heteroatoms. The van der Waals surface area contributed by atoms with Crippen LogP contribution in [0.15, 0.2) is 12.1 Å². The molecule has 1 aliphatic carbocycles. The Kier molecular flexibility index (Phi) is 7.25. The van der Waals surface area contributed by atoms with Gasteiger partial charge < -0.3 is 16.4 Å². The predicted molar refractivity (Wildman–Crippen MR) is 89.8 cm³/mol. The summed E-state index contributed by atoms with van der Waals surface area (Å²) in [4.78, 5) is 24.0. The lowest BCUT2D eigenvalue weighted by Crippen LogP contribution is -2.53. The lowest BCUT2D eigenvalue weighted by atomic mass is 9.74. The second kappa shape index (κ2) is 8.53. The fraction of sp³-hybridized carbons (Fsp3) is 0.500. The van der Waals surface area contributed by atoms with Crippen molar-refractivity contribution in [1.29, 1.82) is 0 Å². The van der Waals surface area contributed by atoms with Crippen molar-refractivity contribution in [3.8, 4) is 0 Å². The molecule has 1 aliphatic rings. The highest BCUT2D eigenvalue weighted by Gasteiger charge is 2.37. The van der Waals surface area contributed by atoms with Gasteiger partial charge in [-0.2, -0.15) is 0 Å². The number of rotatable bonds is 4. The predicted octanol–water partition coefficient (Wildman–Crippen LogP) is 2.49. The van der Waals surface area contributed by atoms with Gasteiger partial charge in [0, 0.05) is 5.54 Å². The maximum Gasteiger partial charge on any atom is 0.243 e. The summed E-state index contributed by atoms with van der Waals surface area (Å²) in [6.07, 6.45) is 3.19. The normalized spacial score (nSPS) is 22.7. The number of amides is 2. The molecule has 2 atom stereocenters. The first-order chi connectivity index (χ1) is 11.2. The highest BCUT2D eigenvalue weighted by atomic mass is 35.5. The van der Waals surface area contributed by atoms with Crippen molar-refractivity contribution in [3.63, 3.8) is 0 Å². The number of halogens is 4. The Hall–Kier alpha value is -1.80. The maximum atomic E-state index is 13.5. The van der Waals surface area contributed by atoms with Gasteiger partial charge in [-0.15, -0.1) is 12.4 Å². The first-order valence-electron chi connectivity index (χ1n) is 7.72. The summed E-state index contributed by atoms with van der Waals surface area (Å²) in [5, 5.41) is 4.54. The van der Waals surface area contributed by atoms with Gasteiger partial charge >= 0.3 is 0 Å². The van der Waals surface area contributed by atoms with Crippen LogP contribution < -0.4 is 16.4 Å². The van der Waals surface area contributed by atoms with E-state index in [0.717, 1.165) is 25.3 Å². The molecule has 1 saturated carbocycles. The van der Waals surface area contributed by atoms with Gasteiger partial charge in [-0.25, -0.2) is 13.2 Å². The largest absolute Gasteiger partial charge is 0.347 e. The summed E-state index contributed by atoms with van der Waals surface area (Å²) in [6, 6.07) is 1.61. The zero-order valence-electron chi connectivity index (χ0n) is 13.7. The Balaban J connectivity index is 0.00000312. The number of hydrogen-bond acceptors (Lipinski definition) is 3. The second-order valence-corrected chi connectivity index (χ2v) is 6.29. The molecule has 0 saturated heterocycles. The van der Waals surface area contributed by atoms with Crippen molar-refractivity contribution in [3.05, 3.63) is 29.6 Å². The van der Waals surface area contributed by atoms with Gasteiger partial charge in [-0.05, 0) is 31.9 Å². The molecule has 1 fully saturated rings. The van der Waals surface area contributed by atoms with E-state index in [9.17, 15) is 22.8 Å². The highest BCUT2D eigenvalue weighted by Crippen LogP contribution is 2.31. The summed E-state index contributed by atoms with van der Waals surface area (Å²) in [5.74, 6) is -6.00. The summed E-state index contributed by atoms with van der Waals surface area (Å²) in [5.41, 5.74) is 4.99. The van der Waals surface area contributed by atoms with Gasteiger partial charge in [0.25, 0.3) is 0 Å². The Morgan fingerprint density at radius 1 is 1.24 bits per heavy atom. The van der Waals surface area contributed by atoms with Crippen LogP contribution in [-0.4, -0.2) is 23.9 Å². The Labute approximate surface area is 149 Å². The minimum Gasteiger partial charge on any atom is -0.347 e. The van der Waals surface area contributed by atoms with Gasteiger partial charge in [0.1, 0.15) is 0 Å². The molecule has 0 radical (unpaired) electrons. The minimum atomic E-state index is -1.67. The maximum absolute atomic E-state index is 13.5. The Bertz CT molecular complexity index is 656. The topological polar surface area (TPSA) is 84.2 Å². The molecule has 1 aromatic carbocycles. The Morgan fingerprint density at radius 2 is 1.92 bits per heavy atom. The lowest BCUT2D eigenvalue weighted by Gasteiger charge is -2.37. The van der Waals surface area contributed by atoms with Crippen LogP contribution in [0.3, 0.4) is 0 Å². The molecule has 1 aromatic rings. The summed E-state index contributed by atoms with van der Waals surface area (Å²) >= 11 is 0. The van der Waals surface area contributed by atoms with Crippen molar-refractivity contribution >= 4 is 29.9 Å². The average Bonchev–Trinajstić information content (AvgIpc) is 2.53. The average molecular weight is 380 g/mol. The first-order valence-corrected chi connectivity index (χ1v) is 7.72. The third kappa shape index (κ3) is 5.09. The number of hydrogen-bond donors (Lipinski definition) is 3. The molecule has 140 valence electrons. The van der Waals surface area contributed by atoms with Crippen LogP contribution in [0.5, 0.6) is 0 Å². The molecule has 0 bridgehead atoms. The SMILES string of the molecule is CC1(N)CCCCC1C(=O)NCC(=O)Nc1ccc(F)c(F)c1F.Cl. The molecule has 0 heterocycles. The summed E-state index contributed by atoms with van der Waals surface area (Å²) in [6.45, 7) is 1.39. The van der Waals surface area contributed by atoms with Crippen LogP contribution >= 0.6 is 12.4 Å². The minimum absolute atomic E-state index is 0. The van der Waals surface area contributed by atoms with E-state index in [4.69, 9.17) is 5.73 Å². The molecular weight excluding hydrogens is 359 g/mol. The quantitative estimate of drug-likeness (QED) is 0.703. The molecule has 4 N–H and O–H groups in total. The van der Waals surface area contributed by atoms with E-state index in [1.165, 1.54) is 0 Å². The van der Waals surface area contributed by atoms with E-state index < -0.39 is 47.0 Å². The molecule has 2 unspecified atom stereocenters. The van der Waals surface area contributed by atoms with Crippen molar-refractivity contribution in [2.45, 2.75) is 38.1 Å². The fourth-order valence-electron chi connectivity index (χ4n) is 2.90. The van der Waals surface area contributed by atoms with Gasteiger partial charge in [-0.1, -0.05) is 12.8 Å². The number of nitrogens with two attached hydrogens (primary N) is 1.